The van der Waals surface area contributed by atoms with Crippen LogP contribution in [-0.2, 0) is 0 Å². The van der Waals surface area contributed by atoms with Crippen molar-refractivity contribution >= 4 is 5.69 Å². The zero-order chi connectivity index (χ0) is 10.1. The van der Waals surface area contributed by atoms with Gasteiger partial charge in [0.1, 0.15) is 12.7 Å². The van der Waals surface area contributed by atoms with Crippen LogP contribution in [0.15, 0.2) is 18.9 Å². The van der Waals surface area contributed by atoms with Gasteiger partial charge in [-0.05, 0) is 13.8 Å². The molecule has 2 aromatic heterocycles. The van der Waals surface area contributed by atoms with E-state index in [2.05, 4.69) is 15.0 Å². The second-order valence-corrected chi connectivity index (χ2v) is 3.09. The maximum absolute atomic E-state index is 5.76. The third-order valence-electron chi connectivity index (χ3n) is 2.20. The second kappa shape index (κ2) is 3.10. The van der Waals surface area contributed by atoms with Crippen LogP contribution >= 0.6 is 0 Å². The molecule has 0 aromatic carbocycles. The Kier molecular flexibility index (Phi) is 1.92. The van der Waals surface area contributed by atoms with Gasteiger partial charge in [0.2, 0.25) is 0 Å². The summed E-state index contributed by atoms with van der Waals surface area (Å²) in [6.45, 7) is 3.92. The number of hydrogen-bond acceptors (Lipinski definition) is 4. The summed E-state index contributed by atoms with van der Waals surface area (Å²) in [4.78, 5) is 12.1. The fraction of sp³-hybridized carbons (Fsp3) is 0.222. The highest BCUT2D eigenvalue weighted by Crippen LogP contribution is 2.15. The maximum Gasteiger partial charge on any atom is 0.164 e. The van der Waals surface area contributed by atoms with Crippen LogP contribution in [0.25, 0.3) is 5.82 Å². The number of aromatic nitrogens is 4. The van der Waals surface area contributed by atoms with Crippen LogP contribution in [0.1, 0.15) is 11.4 Å². The average molecular weight is 189 g/mol. The number of nitrogens with two attached hydrogens (primary N) is 1. The largest absolute Gasteiger partial charge is 0.394 e. The molecule has 5 nitrogen and oxygen atoms in total. The van der Waals surface area contributed by atoms with Crippen LogP contribution in [0.3, 0.4) is 0 Å². The molecule has 0 fully saturated rings. The molecule has 14 heavy (non-hydrogen) atoms. The molecule has 0 spiro atoms. The Bertz CT molecular complexity index is 460. The number of rotatable bonds is 1. The van der Waals surface area contributed by atoms with Crippen molar-refractivity contribution in [2.45, 2.75) is 13.8 Å². The first kappa shape index (κ1) is 8.68. The number of anilines is 1. The van der Waals surface area contributed by atoms with Gasteiger partial charge in [0.15, 0.2) is 5.82 Å². The quantitative estimate of drug-likeness (QED) is 0.722. The van der Waals surface area contributed by atoms with E-state index in [1.54, 1.807) is 12.5 Å². The highest BCUT2D eigenvalue weighted by atomic mass is 15.1. The minimum atomic E-state index is 0.549. The minimum absolute atomic E-state index is 0.549. The maximum atomic E-state index is 5.76. The van der Waals surface area contributed by atoms with Crippen LogP contribution < -0.4 is 5.73 Å². The number of hydrogen-bond donors (Lipinski definition) is 1. The predicted molar refractivity (Wildman–Crippen MR) is 53.0 cm³/mol. The molecule has 0 aliphatic rings. The Hall–Kier alpha value is -1.91. The van der Waals surface area contributed by atoms with Gasteiger partial charge in [0.25, 0.3) is 0 Å². The summed E-state index contributed by atoms with van der Waals surface area (Å²) in [6.07, 6.45) is 4.76. The summed E-state index contributed by atoms with van der Waals surface area (Å²) in [5, 5.41) is 0. The summed E-state index contributed by atoms with van der Waals surface area (Å²) in [6, 6.07) is 0. The van der Waals surface area contributed by atoms with E-state index in [1.165, 1.54) is 6.33 Å². The summed E-state index contributed by atoms with van der Waals surface area (Å²) in [5.74, 6) is 0.679. The summed E-state index contributed by atoms with van der Waals surface area (Å²) in [5.41, 5.74) is 8.32. The van der Waals surface area contributed by atoms with Crippen molar-refractivity contribution in [3.63, 3.8) is 0 Å². The number of nitrogens with zero attached hydrogens (tertiary/aromatic N) is 4. The molecule has 5 heteroatoms. The van der Waals surface area contributed by atoms with E-state index < -0.39 is 0 Å². The highest BCUT2D eigenvalue weighted by molar-refractivity contribution is 5.51. The predicted octanol–water partition coefficient (Wildman–Crippen LogP) is 0.861. The zero-order valence-electron chi connectivity index (χ0n) is 8.10. The highest BCUT2D eigenvalue weighted by Gasteiger charge is 2.07. The van der Waals surface area contributed by atoms with Gasteiger partial charge in [-0.2, -0.15) is 0 Å². The third-order valence-corrected chi connectivity index (χ3v) is 2.20. The van der Waals surface area contributed by atoms with Gasteiger partial charge >= 0.3 is 0 Å². The molecule has 2 rings (SSSR count). The lowest BCUT2D eigenvalue weighted by Crippen LogP contribution is -2.03. The molecule has 0 radical (unpaired) electrons. The molecule has 2 aromatic rings. The first-order valence-electron chi connectivity index (χ1n) is 4.26. The molecular weight excluding hydrogens is 178 g/mol. The van der Waals surface area contributed by atoms with E-state index in [0.29, 0.717) is 11.5 Å². The molecule has 0 saturated heterocycles. The van der Waals surface area contributed by atoms with Crippen LogP contribution in [-0.4, -0.2) is 19.5 Å². The summed E-state index contributed by atoms with van der Waals surface area (Å²) >= 11 is 0. The first-order valence-corrected chi connectivity index (χ1v) is 4.26. The van der Waals surface area contributed by atoms with Crippen molar-refractivity contribution in [2.75, 3.05) is 5.73 Å². The number of nitrogen functional groups attached to an aromatic ring is 1. The first-order chi connectivity index (χ1) is 6.70. The normalized spacial score (nSPS) is 10.4. The molecule has 2 heterocycles. The van der Waals surface area contributed by atoms with E-state index in [9.17, 15) is 0 Å². The van der Waals surface area contributed by atoms with Crippen LogP contribution in [0.5, 0.6) is 0 Å². The molecule has 0 amide bonds. The van der Waals surface area contributed by atoms with E-state index in [4.69, 9.17) is 5.73 Å². The number of imidazole rings is 1. The van der Waals surface area contributed by atoms with E-state index in [0.717, 1.165) is 11.4 Å². The summed E-state index contributed by atoms with van der Waals surface area (Å²) in [7, 11) is 0. The Balaban J connectivity index is 2.60. The molecule has 0 unspecified atom stereocenters. The van der Waals surface area contributed by atoms with Crippen LogP contribution in [0, 0.1) is 13.8 Å². The van der Waals surface area contributed by atoms with Crippen LogP contribution in [0.2, 0.25) is 0 Å². The lowest BCUT2D eigenvalue weighted by Gasteiger charge is -2.05. The molecule has 0 atom stereocenters. The Morgan fingerprint density at radius 2 is 2.07 bits per heavy atom. The van der Waals surface area contributed by atoms with E-state index >= 15 is 0 Å². The molecule has 0 aliphatic heterocycles. The Morgan fingerprint density at radius 1 is 1.29 bits per heavy atom. The van der Waals surface area contributed by atoms with Gasteiger partial charge in [0.05, 0.1) is 17.6 Å². The fourth-order valence-corrected chi connectivity index (χ4v) is 1.25. The van der Waals surface area contributed by atoms with Gasteiger partial charge in [-0.15, -0.1) is 0 Å². The molecule has 0 bridgehead atoms. The lowest BCUT2D eigenvalue weighted by atomic mass is 10.3. The lowest BCUT2D eigenvalue weighted by molar-refractivity contribution is 0.939. The fourth-order valence-electron chi connectivity index (χ4n) is 1.25. The smallest absolute Gasteiger partial charge is 0.164 e. The Labute approximate surface area is 81.6 Å². The van der Waals surface area contributed by atoms with Crippen molar-refractivity contribution in [3.8, 4) is 5.82 Å². The van der Waals surface area contributed by atoms with Crippen molar-refractivity contribution in [2.24, 2.45) is 0 Å². The Morgan fingerprint density at radius 3 is 2.64 bits per heavy atom. The van der Waals surface area contributed by atoms with Crippen molar-refractivity contribution < 1.29 is 0 Å². The zero-order valence-corrected chi connectivity index (χ0v) is 8.10. The van der Waals surface area contributed by atoms with Gasteiger partial charge in [-0.3, -0.25) is 4.57 Å². The van der Waals surface area contributed by atoms with Gasteiger partial charge < -0.3 is 5.73 Å². The average Bonchev–Trinajstić information content (AvgIpc) is 2.49. The van der Waals surface area contributed by atoms with E-state index in [1.807, 2.05) is 18.4 Å². The SMILES string of the molecule is Cc1ncn(-c2ncncc2N)c1C. The monoisotopic (exact) mass is 189 g/mol. The third kappa shape index (κ3) is 1.22. The van der Waals surface area contributed by atoms with Gasteiger partial charge in [-0.25, -0.2) is 15.0 Å². The van der Waals surface area contributed by atoms with E-state index in [-0.39, 0.29) is 0 Å². The molecule has 0 aliphatic carbocycles. The number of aryl methyl sites for hydroxylation is 1. The van der Waals surface area contributed by atoms with Crippen molar-refractivity contribution in [1.82, 2.24) is 19.5 Å². The molecule has 0 saturated carbocycles. The van der Waals surface area contributed by atoms with Crippen LogP contribution in [0.4, 0.5) is 5.69 Å². The molecule has 72 valence electrons. The minimum Gasteiger partial charge on any atom is -0.394 e. The topological polar surface area (TPSA) is 69.6 Å². The van der Waals surface area contributed by atoms with Crippen molar-refractivity contribution in [1.29, 1.82) is 0 Å². The second-order valence-electron chi connectivity index (χ2n) is 3.09. The van der Waals surface area contributed by atoms with Crippen molar-refractivity contribution in [3.05, 3.63) is 30.2 Å². The van der Waals surface area contributed by atoms with Gasteiger partial charge in [-0.1, -0.05) is 0 Å². The molecule has 2 N–H and O–H groups in total. The standard InChI is InChI=1S/C9H11N5/c1-6-7(2)14(5-13-6)9-8(10)3-11-4-12-9/h3-5H,10H2,1-2H3. The molecular formula is C9H11N5. The van der Waals surface area contributed by atoms with Gasteiger partial charge in [0, 0.05) is 5.69 Å². The summed E-state index contributed by atoms with van der Waals surface area (Å²) < 4.78 is 1.85.